The molecule has 0 bridgehead atoms. The van der Waals surface area contributed by atoms with Crippen LogP contribution in [0.1, 0.15) is 22.1 Å². The first kappa shape index (κ1) is 13.0. The van der Waals surface area contributed by atoms with E-state index in [9.17, 15) is 9.90 Å². The van der Waals surface area contributed by atoms with Crippen LogP contribution in [0.4, 0.5) is 5.69 Å². The Morgan fingerprint density at radius 3 is 2.95 bits per heavy atom. The lowest BCUT2D eigenvalue weighted by molar-refractivity contribution is 0.0697. The van der Waals surface area contributed by atoms with Gasteiger partial charge in [-0.25, -0.2) is 9.78 Å². The molecule has 3 aromatic rings. The van der Waals surface area contributed by atoms with Crippen LogP contribution in [0.15, 0.2) is 16.9 Å². The van der Waals surface area contributed by atoms with Crippen molar-refractivity contribution in [1.82, 2.24) is 24.9 Å². The van der Waals surface area contributed by atoms with Gasteiger partial charge in [-0.15, -0.1) is 0 Å². The third-order valence-electron chi connectivity index (χ3n) is 2.98. The quantitative estimate of drug-likeness (QED) is 0.728. The minimum Gasteiger partial charge on any atom is -0.478 e. The molecule has 0 aliphatic heterocycles. The number of carboxylic acids is 1. The smallest absolute Gasteiger partial charge is 0.339 e. The van der Waals surface area contributed by atoms with Gasteiger partial charge in [-0.05, 0) is 6.92 Å². The predicted octanol–water partition coefficient (Wildman–Crippen LogP) is 0.970. The van der Waals surface area contributed by atoms with Crippen LogP contribution in [0.25, 0.3) is 11.0 Å². The minimum absolute atomic E-state index is 0.0618. The van der Waals surface area contributed by atoms with Gasteiger partial charge in [0.25, 0.3) is 0 Å². The molecule has 3 rings (SSSR count). The number of nitrogens with zero attached hydrogens (tertiary/aromatic N) is 5. The van der Waals surface area contributed by atoms with Gasteiger partial charge in [0.1, 0.15) is 5.56 Å². The minimum atomic E-state index is -1.07. The summed E-state index contributed by atoms with van der Waals surface area (Å²) in [6.07, 6.45) is 2.86. The van der Waals surface area contributed by atoms with E-state index in [1.807, 2.05) is 0 Å². The van der Waals surface area contributed by atoms with Crippen LogP contribution in [-0.4, -0.2) is 36.0 Å². The molecule has 0 unspecified atom stereocenters. The molecule has 0 aromatic carbocycles. The molecular formula is C12H12N6O3. The molecule has 0 saturated heterocycles. The lowest BCUT2D eigenvalue weighted by Gasteiger charge is -2.08. The van der Waals surface area contributed by atoms with Crippen LogP contribution in [0.2, 0.25) is 0 Å². The molecule has 0 aliphatic carbocycles. The molecule has 3 aromatic heterocycles. The van der Waals surface area contributed by atoms with Crippen LogP contribution < -0.4 is 5.32 Å². The summed E-state index contributed by atoms with van der Waals surface area (Å²) >= 11 is 0. The fraction of sp³-hybridized carbons (Fsp3) is 0.250. The van der Waals surface area contributed by atoms with Crippen LogP contribution in [0, 0.1) is 6.92 Å². The molecule has 0 saturated carbocycles. The zero-order valence-electron chi connectivity index (χ0n) is 11.4. The van der Waals surface area contributed by atoms with Gasteiger partial charge in [-0.1, -0.05) is 5.16 Å². The SMILES string of the molecule is Cc1noc(CNc2c(C(=O)O)cnc3c2cnn3C)n1. The molecule has 0 aliphatic rings. The van der Waals surface area contributed by atoms with Gasteiger partial charge in [0.05, 0.1) is 23.8 Å². The highest BCUT2D eigenvalue weighted by atomic mass is 16.5. The molecule has 108 valence electrons. The maximum Gasteiger partial charge on any atom is 0.339 e. The molecule has 0 atom stereocenters. The summed E-state index contributed by atoms with van der Waals surface area (Å²) in [6, 6.07) is 0. The third-order valence-corrected chi connectivity index (χ3v) is 2.98. The number of carboxylic acid groups (broad SMARTS) is 1. The highest BCUT2D eigenvalue weighted by molar-refractivity contribution is 6.03. The average Bonchev–Trinajstić information content (AvgIpc) is 3.03. The highest BCUT2D eigenvalue weighted by Crippen LogP contribution is 2.26. The van der Waals surface area contributed by atoms with E-state index in [4.69, 9.17) is 4.52 Å². The molecular weight excluding hydrogens is 276 g/mol. The normalized spacial score (nSPS) is 11.0. The van der Waals surface area contributed by atoms with Gasteiger partial charge >= 0.3 is 5.97 Å². The Labute approximate surface area is 118 Å². The van der Waals surface area contributed by atoms with Crippen LogP contribution >= 0.6 is 0 Å². The summed E-state index contributed by atoms with van der Waals surface area (Å²) in [6.45, 7) is 1.93. The monoisotopic (exact) mass is 288 g/mol. The maximum atomic E-state index is 11.3. The number of hydrogen-bond acceptors (Lipinski definition) is 7. The fourth-order valence-electron chi connectivity index (χ4n) is 2.02. The lowest BCUT2D eigenvalue weighted by Crippen LogP contribution is -2.08. The second-order valence-corrected chi connectivity index (χ2v) is 4.45. The fourth-order valence-corrected chi connectivity index (χ4v) is 2.02. The molecule has 0 spiro atoms. The number of hydrogen-bond donors (Lipinski definition) is 2. The Hall–Kier alpha value is -2.97. The second kappa shape index (κ2) is 4.85. The number of carbonyl (C=O) groups is 1. The molecule has 0 fully saturated rings. The van der Waals surface area contributed by atoms with Crippen molar-refractivity contribution in [3.63, 3.8) is 0 Å². The first-order valence-electron chi connectivity index (χ1n) is 6.13. The van der Waals surface area contributed by atoms with Crippen LogP contribution in [-0.2, 0) is 13.6 Å². The number of aryl methyl sites for hydroxylation is 2. The zero-order chi connectivity index (χ0) is 15.0. The number of rotatable bonds is 4. The van der Waals surface area contributed by atoms with Crippen molar-refractivity contribution in [3.05, 3.63) is 29.7 Å². The zero-order valence-corrected chi connectivity index (χ0v) is 11.4. The van der Waals surface area contributed by atoms with Crippen molar-refractivity contribution in [1.29, 1.82) is 0 Å². The largest absolute Gasteiger partial charge is 0.478 e. The van der Waals surface area contributed by atoms with E-state index in [-0.39, 0.29) is 12.1 Å². The van der Waals surface area contributed by atoms with Crippen molar-refractivity contribution in [3.8, 4) is 0 Å². The summed E-state index contributed by atoms with van der Waals surface area (Å²) in [5, 5.41) is 20.7. The molecule has 9 nitrogen and oxygen atoms in total. The Bertz CT molecular complexity index is 822. The summed E-state index contributed by atoms with van der Waals surface area (Å²) in [5.41, 5.74) is 1.08. The van der Waals surface area contributed by atoms with Crippen LogP contribution in [0.3, 0.4) is 0 Å². The number of nitrogens with one attached hydrogen (secondary N) is 1. The molecule has 9 heteroatoms. The maximum absolute atomic E-state index is 11.3. The molecule has 0 amide bonds. The molecule has 3 heterocycles. The first-order valence-corrected chi connectivity index (χ1v) is 6.13. The number of anilines is 1. The standard InChI is InChI=1S/C12H12N6O3/c1-6-16-9(21-17-6)5-13-10-7-4-15-18(2)11(7)14-3-8(10)12(19)20/h3-4H,5H2,1-2H3,(H,13,14)(H,19,20). The van der Waals surface area contributed by atoms with Gasteiger partial charge in [0.15, 0.2) is 11.5 Å². The van der Waals surface area contributed by atoms with Gasteiger partial charge in [-0.2, -0.15) is 10.1 Å². The highest BCUT2D eigenvalue weighted by Gasteiger charge is 2.17. The van der Waals surface area contributed by atoms with E-state index in [0.29, 0.717) is 28.4 Å². The number of aromatic carboxylic acids is 1. The molecule has 2 N–H and O–H groups in total. The number of pyridine rings is 1. The Balaban J connectivity index is 2.01. The van der Waals surface area contributed by atoms with Crippen molar-refractivity contribution < 1.29 is 14.4 Å². The van der Waals surface area contributed by atoms with E-state index in [0.717, 1.165) is 0 Å². The Morgan fingerprint density at radius 1 is 1.48 bits per heavy atom. The van der Waals surface area contributed by atoms with E-state index in [1.165, 1.54) is 6.20 Å². The molecule has 0 radical (unpaired) electrons. The lowest BCUT2D eigenvalue weighted by atomic mass is 10.2. The topological polar surface area (TPSA) is 119 Å². The summed E-state index contributed by atoms with van der Waals surface area (Å²) < 4.78 is 6.57. The van der Waals surface area contributed by atoms with E-state index >= 15 is 0 Å². The van der Waals surface area contributed by atoms with Crippen molar-refractivity contribution >= 4 is 22.7 Å². The number of aromatic nitrogens is 5. The van der Waals surface area contributed by atoms with Gasteiger partial charge in [-0.3, -0.25) is 4.68 Å². The third kappa shape index (κ3) is 2.29. The van der Waals surface area contributed by atoms with Gasteiger partial charge < -0.3 is 14.9 Å². The van der Waals surface area contributed by atoms with E-state index in [2.05, 4.69) is 25.5 Å². The van der Waals surface area contributed by atoms with Crippen LogP contribution in [0.5, 0.6) is 0 Å². The number of fused-ring (bicyclic) bond motifs is 1. The summed E-state index contributed by atoms with van der Waals surface area (Å²) in [4.78, 5) is 19.5. The van der Waals surface area contributed by atoms with Crippen molar-refractivity contribution in [2.45, 2.75) is 13.5 Å². The van der Waals surface area contributed by atoms with Crippen molar-refractivity contribution in [2.75, 3.05) is 5.32 Å². The van der Waals surface area contributed by atoms with E-state index in [1.54, 1.807) is 24.9 Å². The average molecular weight is 288 g/mol. The molecule has 21 heavy (non-hydrogen) atoms. The predicted molar refractivity (Wildman–Crippen MR) is 71.8 cm³/mol. The van der Waals surface area contributed by atoms with Gasteiger partial charge in [0, 0.05) is 13.2 Å². The Morgan fingerprint density at radius 2 is 2.29 bits per heavy atom. The first-order chi connectivity index (χ1) is 10.1. The summed E-state index contributed by atoms with van der Waals surface area (Å²) in [7, 11) is 1.74. The second-order valence-electron chi connectivity index (χ2n) is 4.45. The van der Waals surface area contributed by atoms with Gasteiger partial charge in [0.2, 0.25) is 5.89 Å². The Kier molecular flexibility index (Phi) is 3.01. The summed E-state index contributed by atoms with van der Waals surface area (Å²) in [5.74, 6) is -0.179. The van der Waals surface area contributed by atoms with E-state index < -0.39 is 5.97 Å². The van der Waals surface area contributed by atoms with Crippen molar-refractivity contribution in [2.24, 2.45) is 7.05 Å².